The molecule has 1 aromatic carbocycles. The summed E-state index contributed by atoms with van der Waals surface area (Å²) >= 11 is 3.40. The molecular formula is C10H12BrFN2. The first-order valence-electron chi connectivity index (χ1n) is 4.64. The lowest BCUT2D eigenvalue weighted by Crippen LogP contribution is -2.55. The second kappa shape index (κ2) is 4.38. The van der Waals surface area contributed by atoms with Crippen LogP contribution in [-0.4, -0.2) is 19.1 Å². The van der Waals surface area contributed by atoms with Gasteiger partial charge in [-0.05, 0) is 23.8 Å². The van der Waals surface area contributed by atoms with Crippen LogP contribution in [0.2, 0.25) is 0 Å². The van der Waals surface area contributed by atoms with Crippen molar-refractivity contribution in [1.29, 1.82) is 0 Å². The SMILES string of the molecule is Fc1ccc(Br)c(CNC2CNC2)c1. The van der Waals surface area contributed by atoms with E-state index in [4.69, 9.17) is 0 Å². The molecule has 0 aromatic heterocycles. The van der Waals surface area contributed by atoms with Gasteiger partial charge in [-0.3, -0.25) is 0 Å². The third-order valence-corrected chi connectivity index (χ3v) is 3.14. The van der Waals surface area contributed by atoms with Crippen molar-refractivity contribution in [2.45, 2.75) is 12.6 Å². The zero-order chi connectivity index (χ0) is 9.97. The first-order chi connectivity index (χ1) is 6.75. The van der Waals surface area contributed by atoms with Gasteiger partial charge in [0.15, 0.2) is 0 Å². The number of rotatable bonds is 3. The highest BCUT2D eigenvalue weighted by Crippen LogP contribution is 2.17. The van der Waals surface area contributed by atoms with Gasteiger partial charge in [-0.2, -0.15) is 0 Å². The Kier molecular flexibility index (Phi) is 3.15. The molecule has 14 heavy (non-hydrogen) atoms. The number of hydrogen-bond acceptors (Lipinski definition) is 2. The lowest BCUT2D eigenvalue weighted by molar-refractivity contribution is 0.365. The number of hydrogen-bond donors (Lipinski definition) is 2. The molecule has 4 heteroatoms. The minimum Gasteiger partial charge on any atom is -0.314 e. The minimum absolute atomic E-state index is 0.184. The summed E-state index contributed by atoms with van der Waals surface area (Å²) in [4.78, 5) is 0. The Labute approximate surface area is 91.0 Å². The second-order valence-electron chi connectivity index (χ2n) is 3.47. The molecule has 0 radical (unpaired) electrons. The smallest absolute Gasteiger partial charge is 0.123 e. The molecule has 0 unspecified atom stereocenters. The highest BCUT2D eigenvalue weighted by Gasteiger charge is 2.15. The Balaban J connectivity index is 1.96. The molecule has 1 aliphatic rings. The molecule has 1 saturated heterocycles. The normalized spacial score (nSPS) is 16.7. The highest BCUT2D eigenvalue weighted by molar-refractivity contribution is 9.10. The third kappa shape index (κ3) is 2.32. The number of benzene rings is 1. The minimum atomic E-state index is -0.184. The maximum absolute atomic E-state index is 12.9. The van der Waals surface area contributed by atoms with Crippen molar-refractivity contribution in [3.63, 3.8) is 0 Å². The molecule has 0 atom stereocenters. The molecule has 0 spiro atoms. The van der Waals surface area contributed by atoms with E-state index < -0.39 is 0 Å². The van der Waals surface area contributed by atoms with Gasteiger partial charge in [0.1, 0.15) is 5.82 Å². The summed E-state index contributed by atoms with van der Waals surface area (Å²) in [6, 6.07) is 5.29. The van der Waals surface area contributed by atoms with Crippen molar-refractivity contribution in [3.8, 4) is 0 Å². The Morgan fingerprint density at radius 3 is 2.93 bits per heavy atom. The van der Waals surface area contributed by atoms with Gasteiger partial charge >= 0.3 is 0 Å². The summed E-state index contributed by atoms with van der Waals surface area (Å²) in [5.74, 6) is -0.184. The van der Waals surface area contributed by atoms with E-state index in [1.807, 2.05) is 0 Å². The standard InChI is InChI=1S/C10H12BrFN2/c11-10-2-1-8(12)3-7(10)4-14-9-5-13-6-9/h1-3,9,13-14H,4-6H2. The van der Waals surface area contributed by atoms with Crippen LogP contribution in [0.25, 0.3) is 0 Å². The molecule has 1 aromatic rings. The van der Waals surface area contributed by atoms with E-state index in [9.17, 15) is 4.39 Å². The van der Waals surface area contributed by atoms with E-state index in [1.165, 1.54) is 6.07 Å². The molecule has 2 rings (SSSR count). The topological polar surface area (TPSA) is 24.1 Å². The van der Waals surface area contributed by atoms with Gasteiger partial charge < -0.3 is 10.6 Å². The van der Waals surface area contributed by atoms with Crippen LogP contribution in [0.5, 0.6) is 0 Å². The summed E-state index contributed by atoms with van der Waals surface area (Å²) < 4.78 is 13.9. The van der Waals surface area contributed by atoms with E-state index in [0.29, 0.717) is 12.6 Å². The first kappa shape index (κ1) is 10.1. The van der Waals surface area contributed by atoms with E-state index in [2.05, 4.69) is 26.6 Å². The Morgan fingerprint density at radius 2 is 2.29 bits per heavy atom. The van der Waals surface area contributed by atoms with Crippen LogP contribution in [0.1, 0.15) is 5.56 Å². The van der Waals surface area contributed by atoms with Crippen LogP contribution in [0.3, 0.4) is 0 Å². The molecule has 2 N–H and O–H groups in total. The zero-order valence-corrected chi connectivity index (χ0v) is 9.27. The number of nitrogens with one attached hydrogen (secondary N) is 2. The van der Waals surface area contributed by atoms with Crippen molar-refractivity contribution < 1.29 is 4.39 Å². The van der Waals surface area contributed by atoms with Gasteiger partial charge in [0.05, 0.1) is 0 Å². The molecule has 1 heterocycles. The average Bonchev–Trinajstić information content (AvgIpc) is 2.08. The monoisotopic (exact) mass is 258 g/mol. The van der Waals surface area contributed by atoms with E-state index >= 15 is 0 Å². The molecule has 76 valence electrons. The Morgan fingerprint density at radius 1 is 1.50 bits per heavy atom. The van der Waals surface area contributed by atoms with Crippen molar-refractivity contribution in [1.82, 2.24) is 10.6 Å². The average molecular weight is 259 g/mol. The number of halogens is 2. The predicted molar refractivity (Wildman–Crippen MR) is 57.6 cm³/mol. The summed E-state index contributed by atoms with van der Waals surface area (Å²) in [6.45, 7) is 2.73. The van der Waals surface area contributed by atoms with Gasteiger partial charge in [-0.15, -0.1) is 0 Å². The quantitative estimate of drug-likeness (QED) is 0.862. The molecular weight excluding hydrogens is 247 g/mol. The third-order valence-electron chi connectivity index (χ3n) is 2.37. The fourth-order valence-corrected chi connectivity index (χ4v) is 1.75. The van der Waals surface area contributed by atoms with Crippen molar-refractivity contribution >= 4 is 15.9 Å². The Bertz CT molecular complexity index is 326. The lowest BCUT2D eigenvalue weighted by atomic mass is 10.1. The van der Waals surface area contributed by atoms with Crippen molar-refractivity contribution in [2.24, 2.45) is 0 Å². The van der Waals surface area contributed by atoms with Crippen LogP contribution >= 0.6 is 15.9 Å². The van der Waals surface area contributed by atoms with Crippen molar-refractivity contribution in [3.05, 3.63) is 34.1 Å². The molecule has 0 aliphatic carbocycles. The summed E-state index contributed by atoms with van der Waals surface area (Å²) in [5, 5.41) is 6.52. The fraction of sp³-hybridized carbons (Fsp3) is 0.400. The first-order valence-corrected chi connectivity index (χ1v) is 5.43. The molecule has 2 nitrogen and oxygen atoms in total. The van der Waals surface area contributed by atoms with Crippen LogP contribution < -0.4 is 10.6 Å². The summed E-state index contributed by atoms with van der Waals surface area (Å²) in [6.07, 6.45) is 0. The Hall–Kier alpha value is -0.450. The van der Waals surface area contributed by atoms with Crippen LogP contribution in [0, 0.1) is 5.82 Å². The molecule has 1 fully saturated rings. The van der Waals surface area contributed by atoms with Crippen molar-refractivity contribution in [2.75, 3.05) is 13.1 Å². The summed E-state index contributed by atoms with van der Waals surface area (Å²) in [5.41, 5.74) is 0.969. The maximum atomic E-state index is 12.9. The van der Waals surface area contributed by atoms with E-state index in [-0.39, 0.29) is 5.82 Å². The fourth-order valence-electron chi connectivity index (χ4n) is 1.37. The largest absolute Gasteiger partial charge is 0.314 e. The zero-order valence-electron chi connectivity index (χ0n) is 7.69. The van der Waals surface area contributed by atoms with Gasteiger partial charge in [0.2, 0.25) is 0 Å². The molecule has 0 saturated carbocycles. The lowest BCUT2D eigenvalue weighted by Gasteiger charge is -2.28. The van der Waals surface area contributed by atoms with Gasteiger partial charge in [0.25, 0.3) is 0 Å². The van der Waals surface area contributed by atoms with Gasteiger partial charge in [-0.25, -0.2) is 4.39 Å². The second-order valence-corrected chi connectivity index (χ2v) is 4.33. The molecule has 0 bridgehead atoms. The van der Waals surface area contributed by atoms with Gasteiger partial charge in [-0.1, -0.05) is 15.9 Å². The van der Waals surface area contributed by atoms with E-state index in [1.54, 1.807) is 12.1 Å². The van der Waals surface area contributed by atoms with E-state index in [0.717, 1.165) is 23.1 Å². The molecule has 0 amide bonds. The van der Waals surface area contributed by atoms with Crippen LogP contribution in [0.4, 0.5) is 4.39 Å². The molecule has 1 aliphatic heterocycles. The van der Waals surface area contributed by atoms with Gasteiger partial charge in [0, 0.05) is 30.1 Å². The predicted octanol–water partition coefficient (Wildman–Crippen LogP) is 1.65. The maximum Gasteiger partial charge on any atom is 0.123 e. The van der Waals surface area contributed by atoms with Crippen LogP contribution in [-0.2, 0) is 6.54 Å². The highest BCUT2D eigenvalue weighted by atomic mass is 79.9. The summed E-state index contributed by atoms with van der Waals surface area (Å²) in [7, 11) is 0. The van der Waals surface area contributed by atoms with Crippen LogP contribution in [0.15, 0.2) is 22.7 Å².